The molecule has 0 aromatic heterocycles. The van der Waals surface area contributed by atoms with Gasteiger partial charge in [0, 0.05) is 11.7 Å². The lowest BCUT2D eigenvalue weighted by Gasteiger charge is -2.11. The van der Waals surface area contributed by atoms with Gasteiger partial charge in [0.25, 0.3) is 10.0 Å². The molecule has 1 amide bonds. The molecule has 3 rings (SSSR count). The molecule has 0 unspecified atom stereocenters. The summed E-state index contributed by atoms with van der Waals surface area (Å²) in [6.45, 7) is 3.71. The molecule has 0 bridgehead atoms. The average molecular weight is 358 g/mol. The van der Waals surface area contributed by atoms with Crippen LogP contribution in [0.2, 0.25) is 0 Å². The molecule has 2 aromatic rings. The molecule has 1 aliphatic rings. The summed E-state index contributed by atoms with van der Waals surface area (Å²) < 4.78 is 27.7. The third kappa shape index (κ3) is 4.60. The highest BCUT2D eigenvalue weighted by molar-refractivity contribution is 7.92. The maximum atomic E-state index is 12.5. The Morgan fingerprint density at radius 1 is 1.08 bits per heavy atom. The van der Waals surface area contributed by atoms with Gasteiger partial charge in [0.1, 0.15) is 0 Å². The molecule has 1 saturated carbocycles. The summed E-state index contributed by atoms with van der Waals surface area (Å²) in [5, 5.41) is 2.94. The largest absolute Gasteiger partial charge is 0.353 e. The van der Waals surface area contributed by atoms with E-state index >= 15 is 0 Å². The predicted octanol–water partition coefficient (Wildman–Crippen LogP) is 2.93. The minimum absolute atomic E-state index is 0.00566. The van der Waals surface area contributed by atoms with Crippen molar-refractivity contribution in [2.45, 2.75) is 44.0 Å². The lowest BCUT2D eigenvalue weighted by Crippen LogP contribution is -2.26. The third-order valence-corrected chi connectivity index (χ3v) is 5.67. The fourth-order valence-electron chi connectivity index (χ4n) is 2.69. The Labute approximate surface area is 148 Å². The molecule has 1 aliphatic carbocycles. The highest BCUT2D eigenvalue weighted by Crippen LogP contribution is 2.21. The minimum atomic E-state index is -3.63. The third-order valence-electron chi connectivity index (χ3n) is 4.13. The van der Waals surface area contributed by atoms with Gasteiger partial charge in [-0.2, -0.15) is 0 Å². The van der Waals surface area contributed by atoms with Crippen LogP contribution in [0.3, 0.4) is 0 Å². The average Bonchev–Trinajstić information content (AvgIpc) is 3.32. The quantitative estimate of drug-likeness (QED) is 0.834. The van der Waals surface area contributed by atoms with Crippen LogP contribution in [-0.2, 0) is 21.2 Å². The maximum Gasteiger partial charge on any atom is 0.262 e. The molecule has 0 heterocycles. The van der Waals surface area contributed by atoms with E-state index in [0.29, 0.717) is 23.7 Å². The summed E-state index contributed by atoms with van der Waals surface area (Å²) in [4.78, 5) is 12.1. The van der Waals surface area contributed by atoms with Gasteiger partial charge in [-0.3, -0.25) is 9.52 Å². The summed E-state index contributed by atoms with van der Waals surface area (Å²) in [5.41, 5.74) is 3.06. The highest BCUT2D eigenvalue weighted by Gasteiger charge is 2.23. The van der Waals surface area contributed by atoms with Crippen molar-refractivity contribution in [1.82, 2.24) is 5.32 Å². The normalized spacial score (nSPS) is 14.2. The Morgan fingerprint density at radius 3 is 2.36 bits per heavy atom. The second-order valence-electron chi connectivity index (χ2n) is 6.59. The molecule has 2 aromatic carbocycles. The molecule has 25 heavy (non-hydrogen) atoms. The van der Waals surface area contributed by atoms with E-state index in [1.54, 1.807) is 43.3 Å². The van der Waals surface area contributed by atoms with Gasteiger partial charge >= 0.3 is 0 Å². The molecule has 1 fully saturated rings. The Bertz CT molecular complexity index is 885. The SMILES string of the molecule is Cc1ccc(S(=O)(=O)Nc2ccc(CC(=O)NC3CC3)cc2)c(C)c1. The molecule has 132 valence electrons. The van der Waals surface area contributed by atoms with E-state index in [9.17, 15) is 13.2 Å². The Balaban J connectivity index is 1.68. The number of aryl methyl sites for hydroxylation is 2. The summed E-state index contributed by atoms with van der Waals surface area (Å²) in [7, 11) is -3.63. The molecule has 0 saturated heterocycles. The van der Waals surface area contributed by atoms with E-state index in [1.807, 2.05) is 13.0 Å². The first-order valence-corrected chi connectivity index (χ1v) is 9.80. The van der Waals surface area contributed by atoms with Crippen molar-refractivity contribution in [3.8, 4) is 0 Å². The summed E-state index contributed by atoms with van der Waals surface area (Å²) >= 11 is 0. The zero-order valence-corrected chi connectivity index (χ0v) is 15.2. The first-order valence-electron chi connectivity index (χ1n) is 8.32. The maximum absolute atomic E-state index is 12.5. The van der Waals surface area contributed by atoms with Crippen molar-refractivity contribution in [2.24, 2.45) is 0 Å². The summed E-state index contributed by atoms with van der Waals surface area (Å²) in [5.74, 6) is 0.00566. The number of hydrogen-bond donors (Lipinski definition) is 2. The zero-order valence-electron chi connectivity index (χ0n) is 14.4. The minimum Gasteiger partial charge on any atom is -0.353 e. The molecule has 2 N–H and O–H groups in total. The number of amides is 1. The number of benzene rings is 2. The van der Waals surface area contributed by atoms with Crippen molar-refractivity contribution >= 4 is 21.6 Å². The van der Waals surface area contributed by atoms with Gasteiger partial charge in [0.15, 0.2) is 0 Å². The molecular formula is C19H22N2O3S. The number of carbonyl (C=O) groups is 1. The van der Waals surface area contributed by atoms with Crippen LogP contribution in [0.4, 0.5) is 5.69 Å². The zero-order chi connectivity index (χ0) is 18.0. The van der Waals surface area contributed by atoms with Crippen molar-refractivity contribution in [1.29, 1.82) is 0 Å². The second-order valence-corrected chi connectivity index (χ2v) is 8.24. The van der Waals surface area contributed by atoms with Crippen molar-refractivity contribution in [2.75, 3.05) is 4.72 Å². The van der Waals surface area contributed by atoms with E-state index in [-0.39, 0.29) is 10.8 Å². The fraction of sp³-hybridized carbons (Fsp3) is 0.316. The molecule has 5 nitrogen and oxygen atoms in total. The van der Waals surface area contributed by atoms with Crippen LogP contribution in [0, 0.1) is 13.8 Å². The van der Waals surface area contributed by atoms with E-state index in [0.717, 1.165) is 24.0 Å². The van der Waals surface area contributed by atoms with E-state index in [4.69, 9.17) is 0 Å². The summed E-state index contributed by atoms with van der Waals surface area (Å²) in [6, 6.07) is 12.5. The Morgan fingerprint density at radius 2 is 1.76 bits per heavy atom. The van der Waals surface area contributed by atoms with Gasteiger partial charge in [-0.1, -0.05) is 29.8 Å². The number of carbonyl (C=O) groups excluding carboxylic acids is 1. The van der Waals surface area contributed by atoms with E-state index in [2.05, 4.69) is 10.0 Å². The van der Waals surface area contributed by atoms with E-state index < -0.39 is 10.0 Å². The number of nitrogens with one attached hydrogen (secondary N) is 2. The van der Waals surface area contributed by atoms with Gasteiger partial charge in [-0.25, -0.2) is 8.42 Å². The number of hydrogen-bond acceptors (Lipinski definition) is 3. The smallest absolute Gasteiger partial charge is 0.262 e. The number of rotatable bonds is 6. The van der Waals surface area contributed by atoms with Gasteiger partial charge in [-0.05, 0) is 56.0 Å². The standard InChI is InChI=1S/C19H22N2O3S/c1-13-3-10-18(14(2)11-13)25(23,24)21-17-6-4-15(5-7-17)12-19(22)20-16-8-9-16/h3-7,10-11,16,21H,8-9,12H2,1-2H3,(H,20,22). The van der Waals surface area contributed by atoms with Crippen molar-refractivity contribution in [3.63, 3.8) is 0 Å². The lowest BCUT2D eigenvalue weighted by atomic mass is 10.1. The number of sulfonamides is 1. The predicted molar refractivity (Wildman–Crippen MR) is 98.0 cm³/mol. The van der Waals surface area contributed by atoms with Crippen LogP contribution < -0.4 is 10.0 Å². The topological polar surface area (TPSA) is 75.3 Å². The monoisotopic (exact) mass is 358 g/mol. The highest BCUT2D eigenvalue weighted by atomic mass is 32.2. The summed E-state index contributed by atoms with van der Waals surface area (Å²) in [6.07, 6.45) is 2.43. The fourth-order valence-corrected chi connectivity index (χ4v) is 3.98. The first-order chi connectivity index (χ1) is 11.8. The Hall–Kier alpha value is -2.34. The molecule has 0 aliphatic heterocycles. The van der Waals surface area contributed by atoms with Crippen LogP contribution in [0.15, 0.2) is 47.4 Å². The molecule has 0 radical (unpaired) electrons. The molecule has 0 spiro atoms. The van der Waals surface area contributed by atoms with Crippen molar-refractivity contribution < 1.29 is 13.2 Å². The lowest BCUT2D eigenvalue weighted by molar-refractivity contribution is -0.120. The van der Waals surface area contributed by atoms with E-state index in [1.165, 1.54) is 0 Å². The molecule has 0 atom stereocenters. The number of anilines is 1. The van der Waals surface area contributed by atoms with Crippen LogP contribution in [0.25, 0.3) is 0 Å². The van der Waals surface area contributed by atoms with Crippen LogP contribution in [-0.4, -0.2) is 20.4 Å². The van der Waals surface area contributed by atoms with Gasteiger partial charge in [0.2, 0.25) is 5.91 Å². The molecule has 6 heteroatoms. The Kier molecular flexibility index (Phi) is 4.81. The molecular weight excluding hydrogens is 336 g/mol. The van der Waals surface area contributed by atoms with Crippen LogP contribution in [0.5, 0.6) is 0 Å². The van der Waals surface area contributed by atoms with Crippen LogP contribution in [0.1, 0.15) is 29.5 Å². The second kappa shape index (κ2) is 6.88. The van der Waals surface area contributed by atoms with Gasteiger partial charge in [-0.15, -0.1) is 0 Å². The van der Waals surface area contributed by atoms with Crippen molar-refractivity contribution in [3.05, 3.63) is 59.2 Å². The van der Waals surface area contributed by atoms with Gasteiger partial charge < -0.3 is 5.32 Å². The van der Waals surface area contributed by atoms with Gasteiger partial charge in [0.05, 0.1) is 11.3 Å². The first kappa shape index (κ1) is 17.5. The van der Waals surface area contributed by atoms with Crippen LogP contribution >= 0.6 is 0 Å².